The topological polar surface area (TPSA) is 116 Å². The molecule has 2 aromatic carbocycles. The molecule has 3 aromatic rings. The second kappa shape index (κ2) is 15.3. The van der Waals surface area contributed by atoms with Gasteiger partial charge in [0.1, 0.15) is 22.3 Å². The molecule has 2 fully saturated rings. The third-order valence-corrected chi connectivity index (χ3v) is 9.33. The lowest BCUT2D eigenvalue weighted by molar-refractivity contribution is -0.127. The molecule has 6 rings (SSSR count). The Hall–Kier alpha value is -4.59. The molecule has 0 atom stereocenters. The number of nitrogens with zero attached hydrogens (tertiary/aromatic N) is 7. The molecule has 0 spiro atoms. The summed E-state index contributed by atoms with van der Waals surface area (Å²) in [6, 6.07) is 11.0. The van der Waals surface area contributed by atoms with Crippen molar-refractivity contribution in [3.63, 3.8) is 0 Å². The number of urea groups is 1. The van der Waals surface area contributed by atoms with Crippen LogP contribution in [0.3, 0.4) is 0 Å². The summed E-state index contributed by atoms with van der Waals surface area (Å²) in [5, 5.41) is 3.61. The summed E-state index contributed by atoms with van der Waals surface area (Å²) in [6.07, 6.45) is 6.40. The summed E-state index contributed by atoms with van der Waals surface area (Å²) < 4.78 is 16.5. The van der Waals surface area contributed by atoms with Crippen molar-refractivity contribution < 1.29 is 23.8 Å². The van der Waals surface area contributed by atoms with Crippen molar-refractivity contribution >= 4 is 52.4 Å². The van der Waals surface area contributed by atoms with E-state index in [1.165, 1.54) is 7.11 Å². The van der Waals surface area contributed by atoms with E-state index in [4.69, 9.17) is 30.8 Å². The van der Waals surface area contributed by atoms with Crippen molar-refractivity contribution in [2.24, 2.45) is 0 Å². The predicted molar refractivity (Wildman–Crippen MR) is 191 cm³/mol. The van der Waals surface area contributed by atoms with Gasteiger partial charge in [-0.1, -0.05) is 17.7 Å². The zero-order chi connectivity index (χ0) is 34.5. The number of nitrogens with one attached hydrogen (secondary N) is 1. The molecule has 2 saturated heterocycles. The van der Waals surface area contributed by atoms with Crippen LogP contribution in [-0.4, -0.2) is 112 Å². The second-order valence-electron chi connectivity index (χ2n) is 12.4. The van der Waals surface area contributed by atoms with Crippen LogP contribution in [0.15, 0.2) is 54.7 Å². The fraction of sp³-hybridized carbons (Fsp3) is 0.429. The lowest BCUT2D eigenvalue weighted by atomic mass is 10.0. The number of anilines is 5. The summed E-state index contributed by atoms with van der Waals surface area (Å²) in [4.78, 5) is 46.5. The van der Waals surface area contributed by atoms with Gasteiger partial charge in [0, 0.05) is 80.1 Å². The van der Waals surface area contributed by atoms with Crippen molar-refractivity contribution in [1.29, 1.82) is 0 Å². The number of likely N-dealkylation sites (N-methyl/N-ethyl adjacent to an activating group) is 1. The van der Waals surface area contributed by atoms with Crippen LogP contribution in [0.4, 0.5) is 33.6 Å². The molecule has 4 heterocycles. The van der Waals surface area contributed by atoms with Crippen LogP contribution in [0, 0.1) is 0 Å². The number of likely N-dealkylation sites (tertiary alicyclic amines) is 1. The van der Waals surface area contributed by atoms with Gasteiger partial charge in [0.05, 0.1) is 39.7 Å². The number of morpholine rings is 1. The Balaban J connectivity index is 1.28. The van der Waals surface area contributed by atoms with Crippen molar-refractivity contribution in [3.8, 4) is 11.5 Å². The highest BCUT2D eigenvalue weighted by atomic mass is 35.5. The largest absolute Gasteiger partial charge is 0.497 e. The molecular formula is C35H43ClN8O5. The Morgan fingerprint density at radius 2 is 1.82 bits per heavy atom. The Morgan fingerprint density at radius 1 is 1.08 bits per heavy atom. The Morgan fingerprint density at radius 3 is 2.49 bits per heavy atom. The number of ether oxygens (including phenoxy) is 3. The normalized spacial score (nSPS) is 17.1. The third kappa shape index (κ3) is 7.69. The average molecular weight is 691 g/mol. The van der Waals surface area contributed by atoms with Gasteiger partial charge in [-0.3, -0.25) is 14.6 Å². The number of halogens is 1. The van der Waals surface area contributed by atoms with Crippen molar-refractivity contribution in [2.45, 2.75) is 25.4 Å². The average Bonchev–Trinajstić information content (AvgIpc) is 3.12. The van der Waals surface area contributed by atoms with Gasteiger partial charge in [0.25, 0.3) is 0 Å². The lowest BCUT2D eigenvalue weighted by Gasteiger charge is -2.43. The van der Waals surface area contributed by atoms with Crippen molar-refractivity contribution in [3.05, 3.63) is 65.3 Å². The van der Waals surface area contributed by atoms with E-state index < -0.39 is 0 Å². The van der Waals surface area contributed by atoms with Gasteiger partial charge in [-0.05, 0) is 51.2 Å². The van der Waals surface area contributed by atoms with Gasteiger partial charge in [0.2, 0.25) is 11.9 Å². The van der Waals surface area contributed by atoms with Gasteiger partial charge in [0.15, 0.2) is 0 Å². The molecule has 1 aromatic heterocycles. The van der Waals surface area contributed by atoms with Gasteiger partial charge in [-0.2, -0.15) is 4.98 Å². The molecule has 0 aliphatic carbocycles. The predicted octanol–water partition coefficient (Wildman–Crippen LogP) is 4.78. The van der Waals surface area contributed by atoms with E-state index in [1.807, 2.05) is 42.1 Å². The van der Waals surface area contributed by atoms with E-state index in [-0.39, 0.29) is 24.5 Å². The van der Waals surface area contributed by atoms with Crippen LogP contribution in [0.5, 0.6) is 11.5 Å². The summed E-state index contributed by atoms with van der Waals surface area (Å²) in [7, 11) is 6.99. The number of carbonyl (C=O) groups is 2. The molecule has 0 saturated carbocycles. The molecule has 3 aliphatic heterocycles. The number of hydrogen-bond donors (Lipinski definition) is 1. The molecule has 3 aliphatic rings. The number of aromatic nitrogens is 2. The first-order valence-electron chi connectivity index (χ1n) is 16.4. The highest BCUT2D eigenvalue weighted by molar-refractivity contribution is 6.35. The maximum Gasteiger partial charge on any atom is 0.330 e. The van der Waals surface area contributed by atoms with Crippen molar-refractivity contribution in [1.82, 2.24) is 19.8 Å². The number of piperidine rings is 1. The van der Waals surface area contributed by atoms with E-state index in [9.17, 15) is 9.59 Å². The summed E-state index contributed by atoms with van der Waals surface area (Å²) in [5.74, 6) is 1.78. The zero-order valence-electron chi connectivity index (χ0n) is 28.4. The standard InChI is InChI=1S/C35H43ClN8O5/c1-40(2)13-5-6-31(45)42-14-11-27(12-15-42)44-33-24(23-43(35(44)46)29-20-28(47-3)21-30(48-4)32(29)36)22-37-34(39-33)38-25-7-9-26(10-8-25)41-16-18-49-19-17-41/h5-10,20-22,27H,11-19,23H2,1-4H3,(H,37,38,39)/b6-5+. The first kappa shape index (κ1) is 34.3. The number of hydrogen-bond acceptors (Lipinski definition) is 10. The molecule has 14 heteroatoms. The monoisotopic (exact) mass is 690 g/mol. The summed E-state index contributed by atoms with van der Waals surface area (Å²) in [5.41, 5.74) is 3.18. The van der Waals surface area contributed by atoms with E-state index in [0.29, 0.717) is 66.5 Å². The van der Waals surface area contributed by atoms with E-state index in [1.54, 1.807) is 41.3 Å². The number of fused-ring (bicyclic) bond motifs is 1. The smallest absolute Gasteiger partial charge is 0.330 e. The second-order valence-corrected chi connectivity index (χ2v) is 12.8. The molecule has 3 amide bonds. The van der Waals surface area contributed by atoms with Crippen LogP contribution < -0.4 is 29.5 Å². The lowest BCUT2D eigenvalue weighted by Crippen LogP contribution is -2.55. The number of methoxy groups -OCH3 is 2. The molecule has 0 bridgehead atoms. The molecule has 260 valence electrons. The quantitative estimate of drug-likeness (QED) is 0.298. The Bertz CT molecular complexity index is 1670. The number of carbonyl (C=O) groups excluding carboxylic acids is 2. The Labute approximate surface area is 292 Å². The number of benzene rings is 2. The first-order chi connectivity index (χ1) is 23.7. The minimum absolute atomic E-state index is 0.0315. The third-order valence-electron chi connectivity index (χ3n) is 8.95. The van der Waals surface area contributed by atoms with E-state index >= 15 is 0 Å². The van der Waals surface area contributed by atoms with Gasteiger partial charge >= 0.3 is 6.03 Å². The summed E-state index contributed by atoms with van der Waals surface area (Å²) in [6.45, 7) is 5.05. The van der Waals surface area contributed by atoms with Crippen LogP contribution in [0.2, 0.25) is 5.02 Å². The number of amides is 3. The minimum atomic E-state index is -0.278. The summed E-state index contributed by atoms with van der Waals surface area (Å²) >= 11 is 6.79. The molecule has 49 heavy (non-hydrogen) atoms. The fourth-order valence-electron chi connectivity index (χ4n) is 6.30. The maximum absolute atomic E-state index is 14.5. The highest BCUT2D eigenvalue weighted by Gasteiger charge is 2.40. The zero-order valence-corrected chi connectivity index (χ0v) is 29.2. The molecule has 1 N–H and O–H groups in total. The van der Waals surface area contributed by atoms with Crippen LogP contribution in [-0.2, 0) is 16.1 Å². The van der Waals surface area contributed by atoms with E-state index in [2.05, 4.69) is 27.3 Å². The molecule has 0 unspecified atom stereocenters. The maximum atomic E-state index is 14.5. The van der Waals surface area contributed by atoms with Crippen LogP contribution in [0.25, 0.3) is 0 Å². The highest BCUT2D eigenvalue weighted by Crippen LogP contribution is 2.43. The number of rotatable bonds is 10. The van der Waals surface area contributed by atoms with E-state index in [0.717, 1.165) is 43.2 Å². The molecule has 13 nitrogen and oxygen atoms in total. The van der Waals surface area contributed by atoms with Gasteiger partial charge in [-0.25, -0.2) is 9.78 Å². The van der Waals surface area contributed by atoms with Crippen LogP contribution >= 0.6 is 11.6 Å². The first-order valence-corrected chi connectivity index (χ1v) is 16.8. The fourth-order valence-corrected chi connectivity index (χ4v) is 6.58. The van der Waals surface area contributed by atoms with Gasteiger partial charge in [-0.15, -0.1) is 0 Å². The van der Waals surface area contributed by atoms with Crippen molar-refractivity contribution in [2.75, 3.05) is 94.3 Å². The minimum Gasteiger partial charge on any atom is -0.497 e. The van der Waals surface area contributed by atoms with Gasteiger partial charge < -0.3 is 34.2 Å². The molecule has 0 radical (unpaired) electrons. The Kier molecular flexibility index (Phi) is 10.7. The van der Waals surface area contributed by atoms with Crippen LogP contribution in [0.1, 0.15) is 18.4 Å². The SMILES string of the molecule is COc1cc(OC)c(Cl)c(N2Cc3cnc(Nc4ccc(N5CCOCC5)cc4)nc3N(C3CCN(C(=O)/C=C/CN(C)C)CC3)C2=O)c1. The molecular weight excluding hydrogens is 648 g/mol.